The maximum Gasteiger partial charge on any atom is 0.321 e. The number of piperazine rings is 1. The Kier molecular flexibility index (Phi) is 7.31. The lowest BCUT2D eigenvalue weighted by atomic mass is 10.2. The largest absolute Gasteiger partial charge is 0.473 e. The molecule has 2 aliphatic heterocycles. The fraction of sp³-hybridized carbons (Fsp3) is 0.192. The van der Waals surface area contributed by atoms with Crippen LogP contribution in [0.25, 0.3) is 6.08 Å². The molecule has 0 aliphatic carbocycles. The van der Waals surface area contributed by atoms with Gasteiger partial charge < -0.3 is 19.9 Å². The molecule has 0 saturated carbocycles. The molecule has 37 heavy (non-hydrogen) atoms. The van der Waals surface area contributed by atoms with Gasteiger partial charge in [-0.25, -0.2) is 9.78 Å². The predicted octanol–water partition coefficient (Wildman–Crippen LogP) is 3.73. The quantitative estimate of drug-likeness (QED) is 0.476. The molecule has 3 aromatic rings. The zero-order valence-electron chi connectivity index (χ0n) is 19.8. The van der Waals surface area contributed by atoms with Gasteiger partial charge in [0.05, 0.1) is 10.6 Å². The third kappa shape index (κ3) is 6.25. The average molecular weight is 517 g/mol. The van der Waals surface area contributed by atoms with Crippen molar-refractivity contribution in [1.82, 2.24) is 20.2 Å². The zero-order chi connectivity index (χ0) is 25.6. The predicted molar refractivity (Wildman–Crippen MR) is 141 cm³/mol. The van der Waals surface area contributed by atoms with Crippen LogP contribution in [0.4, 0.5) is 21.2 Å². The van der Waals surface area contributed by atoms with Crippen molar-refractivity contribution in [3.8, 4) is 5.88 Å². The van der Waals surface area contributed by atoms with Crippen LogP contribution < -0.4 is 20.3 Å². The van der Waals surface area contributed by atoms with E-state index >= 15 is 0 Å². The summed E-state index contributed by atoms with van der Waals surface area (Å²) in [6, 6.07) is 20.5. The molecule has 2 fully saturated rings. The van der Waals surface area contributed by atoms with Crippen LogP contribution in [0.15, 0.2) is 71.6 Å². The standard InChI is InChI=1S/C26H24N6O4S/c33-23-21(37-26(35)30-23)15-20-16-22(36-17-18-7-3-1-4-8-18)29-24(27-20)31-11-13-32(14-12-31)25(34)28-19-9-5-2-6-10-19/h1-10,15-16H,11-14,17H2,(H,28,34)(H,30,33,35)/b21-15-. The highest BCUT2D eigenvalue weighted by Gasteiger charge is 2.26. The van der Waals surface area contributed by atoms with Crippen molar-refractivity contribution in [3.63, 3.8) is 0 Å². The van der Waals surface area contributed by atoms with Gasteiger partial charge in [0.1, 0.15) is 6.61 Å². The van der Waals surface area contributed by atoms with E-state index in [4.69, 9.17) is 4.74 Å². The van der Waals surface area contributed by atoms with Crippen LogP contribution in [0.5, 0.6) is 5.88 Å². The van der Waals surface area contributed by atoms with Crippen LogP contribution in [0.3, 0.4) is 0 Å². The number of para-hydroxylation sites is 1. The summed E-state index contributed by atoms with van der Waals surface area (Å²) in [4.78, 5) is 49.5. The molecule has 2 saturated heterocycles. The van der Waals surface area contributed by atoms with Crippen LogP contribution >= 0.6 is 11.8 Å². The molecule has 2 aliphatic rings. The zero-order valence-corrected chi connectivity index (χ0v) is 20.6. The number of benzene rings is 2. The topological polar surface area (TPSA) is 117 Å². The second-order valence-electron chi connectivity index (χ2n) is 8.33. The van der Waals surface area contributed by atoms with Crippen molar-refractivity contribution in [2.75, 3.05) is 36.4 Å². The Bertz CT molecular complexity index is 1330. The number of hydrogen-bond donors (Lipinski definition) is 2. The molecule has 0 radical (unpaired) electrons. The third-order valence-corrected chi connectivity index (χ3v) is 6.55. The van der Waals surface area contributed by atoms with Crippen molar-refractivity contribution in [2.45, 2.75) is 6.61 Å². The van der Waals surface area contributed by atoms with E-state index in [1.807, 2.05) is 65.6 Å². The highest BCUT2D eigenvalue weighted by molar-refractivity contribution is 8.18. The fourth-order valence-electron chi connectivity index (χ4n) is 3.84. The van der Waals surface area contributed by atoms with E-state index in [1.54, 1.807) is 17.0 Å². The molecule has 188 valence electrons. The molecule has 10 nitrogen and oxygen atoms in total. The minimum Gasteiger partial charge on any atom is -0.473 e. The number of amides is 4. The van der Waals surface area contributed by atoms with Gasteiger partial charge in [0.2, 0.25) is 11.8 Å². The molecule has 0 unspecified atom stereocenters. The monoisotopic (exact) mass is 516 g/mol. The summed E-state index contributed by atoms with van der Waals surface area (Å²) in [5, 5.41) is 4.73. The maximum absolute atomic E-state index is 12.7. The van der Waals surface area contributed by atoms with Gasteiger partial charge in [0.25, 0.3) is 11.1 Å². The molecule has 2 N–H and O–H groups in total. The second-order valence-corrected chi connectivity index (χ2v) is 9.34. The number of anilines is 2. The molecule has 3 heterocycles. The van der Waals surface area contributed by atoms with Gasteiger partial charge in [0, 0.05) is 37.9 Å². The van der Waals surface area contributed by atoms with Gasteiger partial charge in [-0.15, -0.1) is 0 Å². The minimum atomic E-state index is -0.458. The summed E-state index contributed by atoms with van der Waals surface area (Å²) >= 11 is 0.826. The average Bonchev–Trinajstić information content (AvgIpc) is 3.24. The first-order chi connectivity index (χ1) is 18.0. The van der Waals surface area contributed by atoms with Crippen LogP contribution in [-0.4, -0.2) is 58.2 Å². The van der Waals surface area contributed by atoms with Crippen LogP contribution in [0, 0.1) is 0 Å². The van der Waals surface area contributed by atoms with Crippen molar-refractivity contribution in [3.05, 3.63) is 82.9 Å². The van der Waals surface area contributed by atoms with E-state index in [-0.39, 0.29) is 10.9 Å². The Labute approximate surface area is 217 Å². The lowest BCUT2D eigenvalue weighted by Gasteiger charge is -2.34. The number of thioether (sulfide) groups is 1. The number of aromatic nitrogens is 2. The highest BCUT2D eigenvalue weighted by Crippen LogP contribution is 2.27. The third-order valence-electron chi connectivity index (χ3n) is 5.74. The van der Waals surface area contributed by atoms with E-state index in [0.717, 1.165) is 23.0 Å². The van der Waals surface area contributed by atoms with Crippen molar-refractivity contribution < 1.29 is 19.1 Å². The number of hydrogen-bond acceptors (Lipinski definition) is 8. The van der Waals surface area contributed by atoms with E-state index in [2.05, 4.69) is 20.6 Å². The molecular formula is C26H24N6O4S. The first kappa shape index (κ1) is 24.3. The highest BCUT2D eigenvalue weighted by atomic mass is 32.2. The summed E-state index contributed by atoms with van der Waals surface area (Å²) in [5.74, 6) is 0.315. The van der Waals surface area contributed by atoms with Crippen LogP contribution in [-0.2, 0) is 11.4 Å². The lowest BCUT2D eigenvalue weighted by molar-refractivity contribution is -0.115. The van der Waals surface area contributed by atoms with Gasteiger partial charge in [-0.05, 0) is 35.5 Å². The summed E-state index contributed by atoms with van der Waals surface area (Å²) in [7, 11) is 0. The minimum absolute atomic E-state index is 0.161. The molecule has 0 bridgehead atoms. The van der Waals surface area contributed by atoms with Crippen molar-refractivity contribution in [2.24, 2.45) is 0 Å². The van der Waals surface area contributed by atoms with E-state index < -0.39 is 11.1 Å². The summed E-state index contributed by atoms with van der Waals surface area (Å²) in [6.07, 6.45) is 1.55. The molecule has 0 atom stereocenters. The fourth-order valence-corrected chi connectivity index (χ4v) is 4.51. The number of carbonyl (C=O) groups is 3. The second kappa shape index (κ2) is 11.1. The number of rotatable bonds is 6. The lowest BCUT2D eigenvalue weighted by Crippen LogP contribution is -2.50. The molecule has 4 amide bonds. The molecule has 2 aromatic carbocycles. The van der Waals surface area contributed by atoms with Gasteiger partial charge in [-0.3, -0.25) is 14.9 Å². The van der Waals surface area contributed by atoms with Crippen LogP contribution in [0.2, 0.25) is 0 Å². The Hall–Kier alpha value is -4.38. The maximum atomic E-state index is 12.7. The summed E-state index contributed by atoms with van der Waals surface area (Å²) < 4.78 is 5.95. The van der Waals surface area contributed by atoms with E-state index in [1.165, 1.54) is 0 Å². The van der Waals surface area contributed by atoms with E-state index in [9.17, 15) is 14.4 Å². The number of imide groups is 1. The molecule has 11 heteroatoms. The van der Waals surface area contributed by atoms with Crippen molar-refractivity contribution >= 4 is 46.7 Å². The van der Waals surface area contributed by atoms with Crippen LogP contribution in [0.1, 0.15) is 11.3 Å². The Morgan fingerprint density at radius 1 is 1.00 bits per heavy atom. The summed E-state index contributed by atoms with van der Waals surface area (Å²) in [5.41, 5.74) is 2.17. The first-order valence-corrected chi connectivity index (χ1v) is 12.5. The molecular weight excluding hydrogens is 492 g/mol. The number of ether oxygens (including phenoxy) is 1. The van der Waals surface area contributed by atoms with Crippen molar-refractivity contribution in [1.29, 1.82) is 0 Å². The summed E-state index contributed by atoms with van der Waals surface area (Å²) in [6.45, 7) is 2.33. The van der Waals surface area contributed by atoms with E-state index in [0.29, 0.717) is 50.3 Å². The smallest absolute Gasteiger partial charge is 0.321 e. The number of carbonyl (C=O) groups excluding carboxylic acids is 3. The Balaban J connectivity index is 1.31. The first-order valence-electron chi connectivity index (χ1n) is 11.7. The molecule has 1 aromatic heterocycles. The molecule has 0 spiro atoms. The van der Waals surface area contributed by atoms with Gasteiger partial charge >= 0.3 is 6.03 Å². The Morgan fingerprint density at radius 2 is 1.70 bits per heavy atom. The number of nitrogens with zero attached hydrogens (tertiary/aromatic N) is 4. The number of nitrogens with one attached hydrogen (secondary N) is 2. The molecule has 5 rings (SSSR count). The van der Waals surface area contributed by atoms with Gasteiger partial charge in [0.15, 0.2) is 0 Å². The normalized spacial score (nSPS) is 16.6. The number of urea groups is 1. The van der Waals surface area contributed by atoms with Gasteiger partial charge in [-0.2, -0.15) is 4.98 Å². The Morgan fingerprint density at radius 3 is 2.38 bits per heavy atom. The van der Waals surface area contributed by atoms with Gasteiger partial charge in [-0.1, -0.05) is 48.5 Å². The SMILES string of the molecule is O=C1NC(=O)/C(=C/c2cc(OCc3ccccc3)nc(N3CCN(C(=O)Nc4ccccc4)CC3)n2)S1.